The van der Waals surface area contributed by atoms with Crippen LogP contribution in [0.4, 0.5) is 5.82 Å². The van der Waals surface area contributed by atoms with E-state index in [1.807, 2.05) is 0 Å². The van der Waals surface area contributed by atoms with Crippen molar-refractivity contribution in [1.82, 2.24) is 4.98 Å². The van der Waals surface area contributed by atoms with E-state index in [1.165, 1.54) is 18.2 Å². The average Bonchev–Trinajstić information content (AvgIpc) is 2.25. The Kier molecular flexibility index (Phi) is 4.44. The molecule has 0 spiro atoms. The molecule has 2 rings (SSSR count). The third-order valence-electron chi connectivity index (χ3n) is 2.36. The second-order valence-corrected chi connectivity index (χ2v) is 6.84. The van der Waals surface area contributed by atoms with Crippen LogP contribution in [0.2, 0.25) is 15.1 Å². The van der Waals surface area contributed by atoms with E-state index >= 15 is 0 Å². The Morgan fingerprint density at radius 1 is 1.10 bits per heavy atom. The van der Waals surface area contributed by atoms with Crippen molar-refractivity contribution in [2.45, 2.75) is 11.8 Å². The molecule has 1 heterocycles. The molecule has 8 heteroatoms. The molecule has 0 aliphatic carbocycles. The summed E-state index contributed by atoms with van der Waals surface area (Å²) in [7, 11) is -3.94. The first-order valence-corrected chi connectivity index (χ1v) is 8.02. The van der Waals surface area contributed by atoms with E-state index in [-0.39, 0.29) is 25.8 Å². The maximum atomic E-state index is 12.3. The molecule has 0 saturated carbocycles. The van der Waals surface area contributed by atoms with Crippen LogP contribution in [0, 0.1) is 6.92 Å². The Balaban J connectivity index is 2.46. The van der Waals surface area contributed by atoms with E-state index in [4.69, 9.17) is 34.8 Å². The lowest BCUT2D eigenvalue weighted by Crippen LogP contribution is -2.15. The summed E-state index contributed by atoms with van der Waals surface area (Å²) in [6.45, 7) is 1.75. The largest absolute Gasteiger partial charge is 0.266 e. The molecule has 0 radical (unpaired) electrons. The van der Waals surface area contributed by atoms with Crippen LogP contribution in [0.5, 0.6) is 0 Å². The summed E-state index contributed by atoms with van der Waals surface area (Å²) in [6.07, 6.45) is 0. The molecule has 1 aromatic heterocycles. The van der Waals surface area contributed by atoms with E-state index in [0.29, 0.717) is 5.69 Å². The zero-order valence-electron chi connectivity index (χ0n) is 10.2. The number of hydrogen-bond acceptors (Lipinski definition) is 3. The molecule has 106 valence electrons. The van der Waals surface area contributed by atoms with Gasteiger partial charge in [0, 0.05) is 10.7 Å². The number of pyridine rings is 1. The summed E-state index contributed by atoms with van der Waals surface area (Å²) in [5.74, 6) is 0.187. The molecule has 20 heavy (non-hydrogen) atoms. The first-order valence-electron chi connectivity index (χ1n) is 5.40. The van der Waals surface area contributed by atoms with Gasteiger partial charge in [-0.15, -0.1) is 0 Å². The molecule has 0 amide bonds. The Morgan fingerprint density at radius 3 is 2.25 bits per heavy atom. The van der Waals surface area contributed by atoms with Crippen molar-refractivity contribution in [2.75, 3.05) is 4.72 Å². The molecule has 0 bridgehead atoms. The fourth-order valence-corrected chi connectivity index (χ4v) is 4.12. The van der Waals surface area contributed by atoms with Crippen LogP contribution < -0.4 is 4.72 Å². The number of nitrogens with zero attached hydrogens (tertiary/aromatic N) is 1. The van der Waals surface area contributed by atoms with E-state index in [9.17, 15) is 8.42 Å². The van der Waals surface area contributed by atoms with Crippen molar-refractivity contribution in [3.8, 4) is 0 Å². The van der Waals surface area contributed by atoms with Crippen LogP contribution in [-0.2, 0) is 10.0 Å². The van der Waals surface area contributed by atoms with E-state index in [2.05, 4.69) is 9.71 Å². The topological polar surface area (TPSA) is 59.1 Å². The van der Waals surface area contributed by atoms with Gasteiger partial charge in [0.1, 0.15) is 10.7 Å². The quantitative estimate of drug-likeness (QED) is 0.903. The highest BCUT2D eigenvalue weighted by Gasteiger charge is 2.23. The standard InChI is InChI=1S/C12H9Cl3N2O2S/c1-7-3-2-4-11(16-7)17-20(18,19)12-9(14)5-8(13)6-10(12)15/h2-6H,1H3,(H,16,17). The molecular formula is C12H9Cl3N2O2S. The molecule has 4 nitrogen and oxygen atoms in total. The zero-order chi connectivity index (χ0) is 14.9. The summed E-state index contributed by atoms with van der Waals surface area (Å²) in [4.78, 5) is 3.83. The lowest BCUT2D eigenvalue weighted by Gasteiger charge is -2.11. The molecule has 1 aromatic carbocycles. The number of halogens is 3. The van der Waals surface area contributed by atoms with Crippen molar-refractivity contribution in [3.63, 3.8) is 0 Å². The van der Waals surface area contributed by atoms with Crippen molar-refractivity contribution in [2.24, 2.45) is 0 Å². The van der Waals surface area contributed by atoms with Gasteiger partial charge in [-0.25, -0.2) is 13.4 Å². The number of anilines is 1. The van der Waals surface area contributed by atoms with Gasteiger partial charge in [-0.1, -0.05) is 40.9 Å². The van der Waals surface area contributed by atoms with Crippen LogP contribution in [0.3, 0.4) is 0 Å². The third kappa shape index (κ3) is 3.35. The number of benzene rings is 1. The van der Waals surface area contributed by atoms with E-state index in [1.54, 1.807) is 19.1 Å². The van der Waals surface area contributed by atoms with Gasteiger partial charge in [0.05, 0.1) is 10.0 Å². The number of sulfonamides is 1. The minimum atomic E-state index is -3.94. The number of aromatic nitrogens is 1. The van der Waals surface area contributed by atoms with Gasteiger partial charge >= 0.3 is 0 Å². The van der Waals surface area contributed by atoms with Gasteiger partial charge in [0.15, 0.2) is 0 Å². The van der Waals surface area contributed by atoms with Crippen LogP contribution >= 0.6 is 34.8 Å². The Bertz CT molecular complexity index is 740. The highest BCUT2D eigenvalue weighted by Crippen LogP contribution is 2.33. The normalized spacial score (nSPS) is 11.4. The lowest BCUT2D eigenvalue weighted by atomic mass is 10.4. The molecule has 0 saturated heterocycles. The Hall–Kier alpha value is -1.01. The van der Waals surface area contributed by atoms with Crippen molar-refractivity contribution in [3.05, 3.63) is 51.1 Å². The first-order chi connectivity index (χ1) is 9.29. The van der Waals surface area contributed by atoms with Gasteiger partial charge in [-0.3, -0.25) is 4.72 Å². The molecule has 2 aromatic rings. The molecular weight excluding hydrogens is 343 g/mol. The highest BCUT2D eigenvalue weighted by atomic mass is 35.5. The van der Waals surface area contributed by atoms with Crippen LogP contribution in [0.25, 0.3) is 0 Å². The average molecular weight is 352 g/mol. The van der Waals surface area contributed by atoms with Gasteiger partial charge in [0.25, 0.3) is 10.0 Å². The minimum Gasteiger partial charge on any atom is -0.263 e. The smallest absolute Gasteiger partial charge is 0.263 e. The summed E-state index contributed by atoms with van der Waals surface area (Å²) >= 11 is 17.6. The predicted molar refractivity (Wildman–Crippen MR) is 81.3 cm³/mol. The first kappa shape index (κ1) is 15.4. The second-order valence-electron chi connectivity index (χ2n) is 3.97. The molecule has 0 unspecified atom stereocenters. The molecule has 0 aliphatic heterocycles. The van der Waals surface area contributed by atoms with Crippen LogP contribution in [0.1, 0.15) is 5.69 Å². The molecule has 0 atom stereocenters. The number of aryl methyl sites for hydroxylation is 1. The molecule has 0 fully saturated rings. The maximum absolute atomic E-state index is 12.3. The zero-order valence-corrected chi connectivity index (χ0v) is 13.3. The summed E-state index contributed by atoms with van der Waals surface area (Å²) < 4.78 is 26.9. The van der Waals surface area contributed by atoms with Crippen molar-refractivity contribution < 1.29 is 8.42 Å². The van der Waals surface area contributed by atoms with E-state index < -0.39 is 10.0 Å². The fraction of sp³-hybridized carbons (Fsp3) is 0.0833. The van der Waals surface area contributed by atoms with E-state index in [0.717, 1.165) is 0 Å². The van der Waals surface area contributed by atoms with Crippen LogP contribution in [-0.4, -0.2) is 13.4 Å². The number of nitrogens with one attached hydrogen (secondary N) is 1. The lowest BCUT2D eigenvalue weighted by molar-refractivity contribution is 0.601. The minimum absolute atomic E-state index is 0.0531. The highest BCUT2D eigenvalue weighted by molar-refractivity contribution is 7.93. The maximum Gasteiger partial charge on any atom is 0.266 e. The van der Waals surface area contributed by atoms with Crippen molar-refractivity contribution >= 4 is 50.6 Å². The third-order valence-corrected chi connectivity index (χ3v) is 4.85. The number of hydrogen-bond donors (Lipinski definition) is 1. The predicted octanol–water partition coefficient (Wildman–Crippen LogP) is 4.15. The summed E-state index contributed by atoms with van der Waals surface area (Å²) in [5.41, 5.74) is 0.679. The van der Waals surface area contributed by atoms with Crippen LogP contribution in [0.15, 0.2) is 35.2 Å². The summed E-state index contributed by atoms with van der Waals surface area (Å²) in [5, 5.41) is 0.151. The van der Waals surface area contributed by atoms with Gasteiger partial charge in [-0.2, -0.15) is 0 Å². The second kappa shape index (κ2) is 5.77. The Labute approximate surface area is 131 Å². The molecule has 0 aliphatic rings. The SMILES string of the molecule is Cc1cccc(NS(=O)(=O)c2c(Cl)cc(Cl)cc2Cl)n1. The van der Waals surface area contributed by atoms with Gasteiger partial charge < -0.3 is 0 Å². The summed E-state index contributed by atoms with van der Waals surface area (Å²) in [6, 6.07) is 7.59. The van der Waals surface area contributed by atoms with Crippen molar-refractivity contribution in [1.29, 1.82) is 0 Å². The monoisotopic (exact) mass is 350 g/mol. The number of rotatable bonds is 3. The fourth-order valence-electron chi connectivity index (χ4n) is 1.57. The molecule has 1 N–H and O–H groups in total. The van der Waals surface area contributed by atoms with Gasteiger partial charge in [-0.05, 0) is 31.2 Å². The Morgan fingerprint density at radius 2 is 1.70 bits per heavy atom. The van der Waals surface area contributed by atoms with Gasteiger partial charge in [0.2, 0.25) is 0 Å².